The topological polar surface area (TPSA) is 69.9 Å². The number of benzene rings is 9. The fourth-order valence-corrected chi connectivity index (χ4v) is 9.18. The molecule has 0 bridgehead atoms. The highest BCUT2D eigenvalue weighted by molar-refractivity contribution is 6.18. The number of para-hydroxylation sites is 3. The summed E-state index contributed by atoms with van der Waals surface area (Å²) in [5.41, 5.74) is 11.1. The van der Waals surface area contributed by atoms with Gasteiger partial charge in [-0.05, 0) is 82.6 Å². The number of hydrogen-bond acceptors (Lipinski definition) is 5. The first kappa shape index (κ1) is 33.6. The zero-order chi connectivity index (χ0) is 40.0. The summed E-state index contributed by atoms with van der Waals surface area (Å²) in [4.78, 5) is 15.8. The second-order valence-corrected chi connectivity index (χ2v) is 15.6. The maximum atomic E-state index is 6.92. The molecule has 4 heterocycles. The van der Waals surface area contributed by atoms with E-state index in [0.29, 0.717) is 17.5 Å². The Hall–Kier alpha value is -8.35. The summed E-state index contributed by atoms with van der Waals surface area (Å²) in [7, 11) is 0. The predicted molar refractivity (Wildman–Crippen MR) is 248 cm³/mol. The lowest BCUT2D eigenvalue weighted by atomic mass is 10.0. The van der Waals surface area contributed by atoms with Crippen molar-refractivity contribution in [3.63, 3.8) is 0 Å². The van der Waals surface area contributed by atoms with E-state index in [1.165, 1.54) is 21.5 Å². The minimum Gasteiger partial charge on any atom is -0.456 e. The van der Waals surface area contributed by atoms with Crippen LogP contribution in [0.4, 0.5) is 0 Å². The molecule has 0 N–H and O–H groups in total. The molecule has 9 aromatic carbocycles. The molecule has 13 aromatic rings. The van der Waals surface area contributed by atoms with Gasteiger partial charge in [0.25, 0.3) is 0 Å². The van der Waals surface area contributed by atoms with Crippen LogP contribution in [0.2, 0.25) is 0 Å². The monoisotopic (exact) mass is 780 g/mol. The van der Waals surface area contributed by atoms with E-state index in [1.807, 2.05) is 42.5 Å². The fraction of sp³-hybridized carbons (Fsp3) is 0. The Morgan fingerprint density at radius 3 is 1.80 bits per heavy atom. The third-order valence-electron chi connectivity index (χ3n) is 12.0. The molecule has 0 radical (unpaired) electrons. The molecule has 0 fully saturated rings. The Morgan fingerprint density at radius 1 is 0.344 bits per heavy atom. The van der Waals surface area contributed by atoms with E-state index in [2.05, 4.69) is 156 Å². The van der Waals surface area contributed by atoms with Crippen LogP contribution in [0.25, 0.3) is 127 Å². The molecule has 0 aliphatic carbocycles. The molecule has 0 unspecified atom stereocenters. The SMILES string of the molecule is c1ccc(-c2cccc(-c3nc(-c4ccc5c(c4)oc4ccccc45)nc(-c4ccc(-n5c6ccccc6c6cc7ccccc7cc65)c5oc6ccccc6c45)n3)c2)cc1. The van der Waals surface area contributed by atoms with Crippen LogP contribution in [0.5, 0.6) is 0 Å². The minimum absolute atomic E-state index is 0.547. The molecule has 0 saturated carbocycles. The summed E-state index contributed by atoms with van der Waals surface area (Å²) < 4.78 is 15.6. The fourth-order valence-electron chi connectivity index (χ4n) is 9.18. The summed E-state index contributed by atoms with van der Waals surface area (Å²) >= 11 is 0. The van der Waals surface area contributed by atoms with Crippen molar-refractivity contribution < 1.29 is 8.83 Å². The van der Waals surface area contributed by atoms with E-state index in [-0.39, 0.29) is 0 Å². The molecule has 61 heavy (non-hydrogen) atoms. The molecule has 0 aliphatic heterocycles. The molecular weight excluding hydrogens is 749 g/mol. The largest absolute Gasteiger partial charge is 0.456 e. The maximum absolute atomic E-state index is 6.92. The highest BCUT2D eigenvalue weighted by Gasteiger charge is 2.23. The number of hydrogen-bond donors (Lipinski definition) is 0. The predicted octanol–water partition coefficient (Wildman–Crippen LogP) is 14.6. The van der Waals surface area contributed by atoms with Crippen molar-refractivity contribution >= 4 is 76.5 Å². The van der Waals surface area contributed by atoms with E-state index in [9.17, 15) is 0 Å². The Bertz CT molecular complexity index is 3900. The molecule has 0 aliphatic rings. The quantitative estimate of drug-likeness (QED) is 0.174. The number of furan rings is 2. The zero-order valence-electron chi connectivity index (χ0n) is 32.6. The molecule has 284 valence electrons. The molecule has 0 spiro atoms. The van der Waals surface area contributed by atoms with Crippen molar-refractivity contribution in [2.45, 2.75) is 0 Å². The maximum Gasteiger partial charge on any atom is 0.164 e. The molecule has 6 nitrogen and oxygen atoms in total. The first-order valence-corrected chi connectivity index (χ1v) is 20.4. The van der Waals surface area contributed by atoms with Gasteiger partial charge in [0.15, 0.2) is 23.1 Å². The normalized spacial score (nSPS) is 11.9. The molecule has 0 atom stereocenters. The van der Waals surface area contributed by atoms with Gasteiger partial charge in [-0.2, -0.15) is 0 Å². The molecule has 0 amide bonds. The second kappa shape index (κ2) is 13.1. The van der Waals surface area contributed by atoms with Crippen molar-refractivity contribution in [3.8, 4) is 51.0 Å². The van der Waals surface area contributed by atoms with E-state index >= 15 is 0 Å². The van der Waals surface area contributed by atoms with Crippen molar-refractivity contribution in [3.05, 3.63) is 194 Å². The van der Waals surface area contributed by atoms with Crippen molar-refractivity contribution in [2.24, 2.45) is 0 Å². The first-order valence-electron chi connectivity index (χ1n) is 20.4. The van der Waals surface area contributed by atoms with Crippen LogP contribution in [0.15, 0.2) is 203 Å². The highest BCUT2D eigenvalue weighted by atomic mass is 16.3. The van der Waals surface area contributed by atoms with Crippen molar-refractivity contribution in [1.29, 1.82) is 0 Å². The lowest BCUT2D eigenvalue weighted by Crippen LogP contribution is -2.01. The van der Waals surface area contributed by atoms with E-state index in [1.54, 1.807) is 0 Å². The highest BCUT2D eigenvalue weighted by Crippen LogP contribution is 2.43. The summed E-state index contributed by atoms with van der Waals surface area (Å²) in [6.45, 7) is 0. The zero-order valence-corrected chi connectivity index (χ0v) is 32.6. The molecule has 4 aromatic heterocycles. The van der Waals surface area contributed by atoms with Gasteiger partial charge in [0.2, 0.25) is 0 Å². The van der Waals surface area contributed by atoms with Gasteiger partial charge in [0, 0.05) is 49.0 Å². The second-order valence-electron chi connectivity index (χ2n) is 15.6. The van der Waals surface area contributed by atoms with Crippen LogP contribution in [-0.2, 0) is 0 Å². The Balaban J connectivity index is 1.08. The van der Waals surface area contributed by atoms with Crippen LogP contribution in [0.1, 0.15) is 0 Å². The number of nitrogens with zero attached hydrogens (tertiary/aromatic N) is 4. The van der Waals surface area contributed by atoms with Crippen LogP contribution in [-0.4, -0.2) is 19.5 Å². The molecule has 6 heteroatoms. The van der Waals surface area contributed by atoms with Crippen LogP contribution in [0, 0.1) is 0 Å². The average molecular weight is 781 g/mol. The molecular formula is C55H32N4O2. The van der Waals surface area contributed by atoms with Gasteiger partial charge in [0.1, 0.15) is 16.7 Å². The van der Waals surface area contributed by atoms with Crippen LogP contribution in [0.3, 0.4) is 0 Å². The summed E-state index contributed by atoms with van der Waals surface area (Å²) in [5.74, 6) is 1.67. The van der Waals surface area contributed by atoms with Crippen molar-refractivity contribution in [2.75, 3.05) is 0 Å². The molecule has 13 rings (SSSR count). The van der Waals surface area contributed by atoms with Gasteiger partial charge in [-0.1, -0.05) is 133 Å². The standard InChI is InChI=1S/C55H32N4O2/c1-2-13-33(14-3-1)34-17-12-18-37(29-34)53-56-54(38-25-26-41-40-20-7-10-23-48(40)60-50(41)32-38)58-55(57-53)43-27-28-46(52-51(43)42-21-8-11-24-49(42)61-52)59-45-22-9-6-19-39(45)44-30-35-15-4-5-16-36(35)31-47(44)59/h1-32H. The number of aromatic nitrogens is 4. The van der Waals surface area contributed by atoms with E-state index in [0.717, 1.165) is 88.4 Å². The van der Waals surface area contributed by atoms with Gasteiger partial charge < -0.3 is 13.4 Å². The van der Waals surface area contributed by atoms with Gasteiger partial charge in [-0.15, -0.1) is 0 Å². The van der Waals surface area contributed by atoms with E-state index in [4.69, 9.17) is 23.8 Å². The van der Waals surface area contributed by atoms with Gasteiger partial charge in [-0.3, -0.25) is 0 Å². The molecule has 0 saturated heterocycles. The van der Waals surface area contributed by atoms with Gasteiger partial charge in [0.05, 0.1) is 16.7 Å². The summed E-state index contributed by atoms with van der Waals surface area (Å²) in [5, 5.41) is 8.80. The van der Waals surface area contributed by atoms with Crippen molar-refractivity contribution in [1.82, 2.24) is 19.5 Å². The first-order chi connectivity index (χ1) is 30.2. The Labute approximate surface area is 348 Å². The third kappa shape index (κ3) is 5.26. The van der Waals surface area contributed by atoms with Crippen LogP contribution < -0.4 is 0 Å². The Kier molecular flexibility index (Phi) is 7.21. The van der Waals surface area contributed by atoms with Crippen LogP contribution >= 0.6 is 0 Å². The lowest BCUT2D eigenvalue weighted by Gasteiger charge is -2.13. The summed E-state index contributed by atoms with van der Waals surface area (Å²) in [6.07, 6.45) is 0. The lowest BCUT2D eigenvalue weighted by molar-refractivity contribution is 0.666. The number of fused-ring (bicyclic) bond motifs is 10. The van der Waals surface area contributed by atoms with Gasteiger partial charge >= 0.3 is 0 Å². The Morgan fingerprint density at radius 2 is 0.967 bits per heavy atom. The average Bonchev–Trinajstić information content (AvgIpc) is 4.00. The smallest absolute Gasteiger partial charge is 0.164 e. The van der Waals surface area contributed by atoms with Gasteiger partial charge in [-0.25, -0.2) is 15.0 Å². The summed E-state index contributed by atoms with van der Waals surface area (Å²) in [6, 6.07) is 67.4. The minimum atomic E-state index is 0.547. The van der Waals surface area contributed by atoms with E-state index < -0.39 is 0 Å². The third-order valence-corrected chi connectivity index (χ3v) is 12.0. The number of rotatable bonds is 5.